The lowest BCUT2D eigenvalue weighted by atomic mass is 10.0. The molecule has 8 heteroatoms. The summed E-state index contributed by atoms with van der Waals surface area (Å²) in [4.78, 5) is 28.1. The van der Waals surface area contributed by atoms with E-state index in [0.29, 0.717) is 0 Å². The predicted molar refractivity (Wildman–Crippen MR) is 120 cm³/mol. The number of nitrogens with zero attached hydrogens (tertiary/aromatic N) is 4. The van der Waals surface area contributed by atoms with Gasteiger partial charge in [-0.15, -0.1) is 0 Å². The number of amides is 1. The molecule has 4 aromatic rings. The van der Waals surface area contributed by atoms with Crippen LogP contribution >= 0.6 is 0 Å². The normalized spacial score (nSPS) is 11.2. The Balaban J connectivity index is 1.77. The van der Waals surface area contributed by atoms with Crippen LogP contribution in [0.2, 0.25) is 0 Å². The molecular weight excluding hydrogens is 390 g/mol. The van der Waals surface area contributed by atoms with Crippen LogP contribution in [0.5, 0.6) is 0 Å². The van der Waals surface area contributed by atoms with E-state index in [1.807, 2.05) is 55.7 Å². The summed E-state index contributed by atoms with van der Waals surface area (Å²) in [5.41, 5.74) is 5.08. The second-order valence-electron chi connectivity index (χ2n) is 6.74. The van der Waals surface area contributed by atoms with Gasteiger partial charge in [-0.2, -0.15) is 5.26 Å². The molecular formula is C23H19N7O. The van der Waals surface area contributed by atoms with Gasteiger partial charge in [0, 0.05) is 49.1 Å². The minimum Gasteiger partial charge on any atom is -0.373 e. The van der Waals surface area contributed by atoms with Crippen molar-refractivity contribution < 1.29 is 4.79 Å². The summed E-state index contributed by atoms with van der Waals surface area (Å²) in [5.74, 6) is 0.311. The summed E-state index contributed by atoms with van der Waals surface area (Å²) in [7, 11) is 3.31. The molecule has 3 N–H and O–H groups in total. The van der Waals surface area contributed by atoms with E-state index in [0.717, 1.165) is 44.8 Å². The number of aromatic amines is 1. The van der Waals surface area contributed by atoms with Gasteiger partial charge >= 0.3 is 0 Å². The van der Waals surface area contributed by atoms with Crippen LogP contribution in [0.15, 0.2) is 60.7 Å². The topological polar surface area (TPSA) is 119 Å². The van der Waals surface area contributed by atoms with Crippen molar-refractivity contribution >= 4 is 28.8 Å². The first-order valence-electron chi connectivity index (χ1n) is 9.54. The van der Waals surface area contributed by atoms with E-state index in [9.17, 15) is 10.1 Å². The van der Waals surface area contributed by atoms with E-state index in [2.05, 4.69) is 30.6 Å². The van der Waals surface area contributed by atoms with Gasteiger partial charge in [0.15, 0.2) is 0 Å². The number of benzene rings is 1. The second-order valence-corrected chi connectivity index (χ2v) is 6.74. The molecule has 0 bridgehead atoms. The Morgan fingerprint density at radius 3 is 2.77 bits per heavy atom. The SMILES string of the molecule is CNC(=O)C(C#N)=Cc1cccc(-c2cnc3[nH]cc(-c4cc(NC)ncn4)c3c2)c1. The van der Waals surface area contributed by atoms with Gasteiger partial charge < -0.3 is 15.6 Å². The Bertz CT molecular complexity index is 1350. The molecule has 0 aliphatic heterocycles. The maximum Gasteiger partial charge on any atom is 0.261 e. The molecule has 0 spiro atoms. The molecule has 31 heavy (non-hydrogen) atoms. The molecule has 0 atom stereocenters. The minimum absolute atomic E-state index is 0.0465. The molecule has 0 aliphatic carbocycles. The number of nitriles is 1. The van der Waals surface area contributed by atoms with Crippen molar-refractivity contribution in [1.82, 2.24) is 25.3 Å². The third-order valence-electron chi connectivity index (χ3n) is 4.85. The van der Waals surface area contributed by atoms with Crippen molar-refractivity contribution in [2.75, 3.05) is 19.4 Å². The Labute approximate surface area is 178 Å². The largest absolute Gasteiger partial charge is 0.373 e. The van der Waals surface area contributed by atoms with Gasteiger partial charge in [0.25, 0.3) is 5.91 Å². The zero-order valence-corrected chi connectivity index (χ0v) is 17.0. The zero-order valence-electron chi connectivity index (χ0n) is 17.0. The maximum absolute atomic E-state index is 11.8. The van der Waals surface area contributed by atoms with Gasteiger partial charge in [-0.05, 0) is 29.3 Å². The molecule has 4 rings (SSSR count). The molecule has 0 radical (unpaired) electrons. The highest BCUT2D eigenvalue weighted by atomic mass is 16.1. The van der Waals surface area contributed by atoms with Crippen molar-refractivity contribution in [2.45, 2.75) is 0 Å². The van der Waals surface area contributed by atoms with Gasteiger partial charge in [0.05, 0.1) is 5.69 Å². The number of hydrogen-bond donors (Lipinski definition) is 3. The molecule has 3 aromatic heterocycles. The van der Waals surface area contributed by atoms with Crippen molar-refractivity contribution in [1.29, 1.82) is 5.26 Å². The monoisotopic (exact) mass is 409 g/mol. The molecule has 1 aromatic carbocycles. The number of pyridine rings is 1. The van der Waals surface area contributed by atoms with E-state index in [-0.39, 0.29) is 5.57 Å². The highest BCUT2D eigenvalue weighted by molar-refractivity contribution is 6.01. The first-order valence-corrected chi connectivity index (χ1v) is 9.54. The number of carbonyl (C=O) groups excluding carboxylic acids is 1. The quantitative estimate of drug-likeness (QED) is 0.343. The van der Waals surface area contributed by atoms with Crippen LogP contribution in [0, 0.1) is 11.3 Å². The summed E-state index contributed by atoms with van der Waals surface area (Å²) in [6.45, 7) is 0. The van der Waals surface area contributed by atoms with Gasteiger partial charge in [0.2, 0.25) is 0 Å². The minimum atomic E-state index is -0.418. The Kier molecular flexibility index (Phi) is 5.41. The number of likely N-dealkylation sites (N-methyl/N-ethyl adjacent to an activating group) is 1. The number of H-pyrrole nitrogens is 1. The molecule has 152 valence electrons. The lowest BCUT2D eigenvalue weighted by Gasteiger charge is -2.06. The van der Waals surface area contributed by atoms with E-state index < -0.39 is 5.91 Å². The fourth-order valence-corrected chi connectivity index (χ4v) is 3.27. The van der Waals surface area contributed by atoms with Gasteiger partial charge in [-0.25, -0.2) is 15.0 Å². The first kappa shape index (κ1) is 19.8. The number of aromatic nitrogens is 4. The number of anilines is 1. The third-order valence-corrected chi connectivity index (χ3v) is 4.85. The summed E-state index contributed by atoms with van der Waals surface area (Å²) in [6.07, 6.45) is 6.75. The number of hydrogen-bond acceptors (Lipinski definition) is 6. The second kappa shape index (κ2) is 8.47. The molecule has 8 nitrogen and oxygen atoms in total. The maximum atomic E-state index is 11.8. The fourth-order valence-electron chi connectivity index (χ4n) is 3.27. The average Bonchev–Trinajstić information content (AvgIpc) is 3.25. The summed E-state index contributed by atoms with van der Waals surface area (Å²) in [5, 5.41) is 15.7. The van der Waals surface area contributed by atoms with Crippen molar-refractivity contribution in [3.63, 3.8) is 0 Å². The summed E-state index contributed by atoms with van der Waals surface area (Å²) >= 11 is 0. The average molecular weight is 409 g/mol. The molecule has 0 fully saturated rings. The van der Waals surface area contributed by atoms with Crippen LogP contribution in [-0.2, 0) is 4.79 Å². The lowest BCUT2D eigenvalue weighted by Crippen LogP contribution is -2.19. The van der Waals surface area contributed by atoms with E-state index >= 15 is 0 Å². The molecule has 0 aliphatic rings. The number of carbonyl (C=O) groups is 1. The zero-order chi connectivity index (χ0) is 21.8. The molecule has 0 unspecified atom stereocenters. The number of rotatable bonds is 5. The third kappa shape index (κ3) is 3.97. The summed E-state index contributed by atoms with van der Waals surface area (Å²) in [6, 6.07) is 13.5. The van der Waals surface area contributed by atoms with Crippen LogP contribution < -0.4 is 10.6 Å². The van der Waals surface area contributed by atoms with Gasteiger partial charge in [-0.1, -0.05) is 18.2 Å². The number of nitrogens with one attached hydrogen (secondary N) is 3. The fraction of sp³-hybridized carbons (Fsp3) is 0.0870. The first-order chi connectivity index (χ1) is 15.1. The Morgan fingerprint density at radius 1 is 1.13 bits per heavy atom. The van der Waals surface area contributed by atoms with Gasteiger partial charge in [-0.3, -0.25) is 4.79 Å². The van der Waals surface area contributed by atoms with Crippen LogP contribution in [0.25, 0.3) is 39.5 Å². The van der Waals surface area contributed by atoms with E-state index in [4.69, 9.17) is 0 Å². The van der Waals surface area contributed by atoms with Crippen molar-refractivity contribution in [3.05, 3.63) is 66.3 Å². The van der Waals surface area contributed by atoms with Crippen molar-refractivity contribution in [2.24, 2.45) is 0 Å². The van der Waals surface area contributed by atoms with Crippen molar-refractivity contribution in [3.8, 4) is 28.5 Å². The lowest BCUT2D eigenvalue weighted by molar-refractivity contribution is -0.116. The Hall–Kier alpha value is -4.51. The molecule has 3 heterocycles. The highest BCUT2D eigenvalue weighted by Crippen LogP contribution is 2.31. The molecule has 1 amide bonds. The predicted octanol–water partition coefficient (Wildman–Crippen LogP) is 3.38. The van der Waals surface area contributed by atoms with E-state index in [1.54, 1.807) is 12.3 Å². The molecule has 0 saturated carbocycles. The number of fused-ring (bicyclic) bond motifs is 1. The molecule has 0 saturated heterocycles. The highest BCUT2D eigenvalue weighted by Gasteiger charge is 2.12. The Morgan fingerprint density at radius 2 is 2.00 bits per heavy atom. The van der Waals surface area contributed by atoms with Crippen LogP contribution in [0.1, 0.15) is 5.56 Å². The van der Waals surface area contributed by atoms with E-state index in [1.165, 1.54) is 13.4 Å². The van der Waals surface area contributed by atoms with Crippen LogP contribution in [0.3, 0.4) is 0 Å². The van der Waals surface area contributed by atoms with Crippen LogP contribution in [0.4, 0.5) is 5.82 Å². The van der Waals surface area contributed by atoms with Crippen LogP contribution in [-0.4, -0.2) is 39.9 Å². The standard InChI is InChI=1S/C23H19N7O/c1-25-21-9-20(29-13-30-21)19-12-28-22-18(19)8-17(11-27-22)15-5-3-4-14(6-15)7-16(10-24)23(31)26-2/h3-9,11-13H,1-2H3,(H,26,31)(H,27,28)(H,25,29,30). The summed E-state index contributed by atoms with van der Waals surface area (Å²) < 4.78 is 0. The van der Waals surface area contributed by atoms with Gasteiger partial charge in [0.1, 0.15) is 29.4 Å². The smallest absolute Gasteiger partial charge is 0.261 e.